The van der Waals surface area contributed by atoms with E-state index in [9.17, 15) is 5.11 Å². The number of aryl methyl sites for hydroxylation is 2. The maximum absolute atomic E-state index is 10.7. The molecule has 1 aromatic carbocycles. The fourth-order valence-electron chi connectivity index (χ4n) is 4.84. The van der Waals surface area contributed by atoms with E-state index in [0.29, 0.717) is 19.8 Å². The molecule has 5 rings (SSSR count). The number of morpholine rings is 1. The van der Waals surface area contributed by atoms with Crippen molar-refractivity contribution >= 4 is 16.7 Å². The summed E-state index contributed by atoms with van der Waals surface area (Å²) in [6.45, 7) is 8.82. The molecule has 2 aliphatic rings. The van der Waals surface area contributed by atoms with Crippen LogP contribution in [0.3, 0.4) is 0 Å². The molecule has 8 heteroatoms. The third kappa shape index (κ3) is 3.91. The average Bonchev–Trinajstić information content (AvgIpc) is 3.16. The third-order valence-electron chi connectivity index (χ3n) is 6.50. The van der Waals surface area contributed by atoms with Crippen molar-refractivity contribution in [3.63, 3.8) is 0 Å². The van der Waals surface area contributed by atoms with Gasteiger partial charge in [-0.2, -0.15) is 5.10 Å². The van der Waals surface area contributed by atoms with E-state index < -0.39 is 0 Å². The summed E-state index contributed by atoms with van der Waals surface area (Å²) < 4.78 is 7.38. The van der Waals surface area contributed by atoms with Crippen LogP contribution in [0.5, 0.6) is 0 Å². The summed E-state index contributed by atoms with van der Waals surface area (Å²) in [4.78, 5) is 13.8. The van der Waals surface area contributed by atoms with E-state index in [-0.39, 0.29) is 12.0 Å². The quantitative estimate of drug-likeness (QED) is 0.692. The van der Waals surface area contributed by atoms with Crippen LogP contribution in [-0.2, 0) is 4.74 Å². The highest BCUT2D eigenvalue weighted by Crippen LogP contribution is 2.33. The fraction of sp³-hybridized carbons (Fsp3) is 0.522. The zero-order valence-electron chi connectivity index (χ0n) is 18.5. The molecule has 164 valence electrons. The molecule has 3 aromatic rings. The van der Waals surface area contributed by atoms with Crippen LogP contribution in [0.15, 0.2) is 24.4 Å². The molecular weight excluding hydrogens is 392 g/mol. The summed E-state index contributed by atoms with van der Waals surface area (Å²) in [5.41, 5.74) is 3.42. The Bertz CT molecular complexity index is 1090. The molecule has 2 fully saturated rings. The van der Waals surface area contributed by atoms with Gasteiger partial charge in [0.25, 0.3) is 0 Å². The number of anilines is 1. The van der Waals surface area contributed by atoms with Gasteiger partial charge in [0.1, 0.15) is 11.6 Å². The number of likely N-dealkylation sites (N-methyl/N-ethyl adjacent to an activating group) is 1. The molecule has 1 N–H and O–H groups in total. The van der Waals surface area contributed by atoms with Gasteiger partial charge in [-0.1, -0.05) is 0 Å². The van der Waals surface area contributed by atoms with Gasteiger partial charge in [0.05, 0.1) is 31.0 Å². The molecule has 2 saturated heterocycles. The molecule has 2 aromatic heterocycles. The highest BCUT2D eigenvalue weighted by molar-refractivity contribution is 5.82. The van der Waals surface area contributed by atoms with Crippen LogP contribution >= 0.6 is 0 Å². The topological polar surface area (TPSA) is 79.5 Å². The van der Waals surface area contributed by atoms with Gasteiger partial charge in [-0.3, -0.25) is 0 Å². The maximum Gasteiger partial charge on any atom is 0.159 e. The van der Waals surface area contributed by atoms with E-state index in [1.807, 2.05) is 23.9 Å². The van der Waals surface area contributed by atoms with Crippen molar-refractivity contribution in [3.05, 3.63) is 41.3 Å². The monoisotopic (exact) mass is 422 g/mol. The van der Waals surface area contributed by atoms with Crippen LogP contribution in [0.2, 0.25) is 0 Å². The van der Waals surface area contributed by atoms with Crippen LogP contribution < -0.4 is 4.90 Å². The van der Waals surface area contributed by atoms with Crippen LogP contribution in [0.4, 0.5) is 5.82 Å². The predicted molar refractivity (Wildman–Crippen MR) is 120 cm³/mol. The number of nitrogens with zero attached hydrogens (tertiary/aromatic N) is 6. The van der Waals surface area contributed by atoms with E-state index in [1.54, 1.807) is 0 Å². The summed E-state index contributed by atoms with van der Waals surface area (Å²) >= 11 is 0. The lowest BCUT2D eigenvalue weighted by molar-refractivity contribution is 0.0636. The lowest BCUT2D eigenvalue weighted by Gasteiger charge is -2.34. The first kappa shape index (κ1) is 20.4. The summed E-state index contributed by atoms with van der Waals surface area (Å²) in [5, 5.41) is 16.5. The number of hydrogen-bond acceptors (Lipinski definition) is 7. The van der Waals surface area contributed by atoms with Gasteiger partial charge in [0.15, 0.2) is 5.82 Å². The van der Waals surface area contributed by atoms with Crippen molar-refractivity contribution in [1.82, 2.24) is 24.6 Å². The van der Waals surface area contributed by atoms with E-state index in [1.165, 1.54) is 11.1 Å². The molecular formula is C23H30N6O2. The summed E-state index contributed by atoms with van der Waals surface area (Å²) in [6, 6.07) is 6.38. The molecule has 0 saturated carbocycles. The second-order valence-electron chi connectivity index (χ2n) is 8.78. The van der Waals surface area contributed by atoms with Crippen molar-refractivity contribution in [2.75, 3.05) is 51.3 Å². The average molecular weight is 423 g/mol. The van der Waals surface area contributed by atoms with Gasteiger partial charge in [0.2, 0.25) is 0 Å². The number of β-amino-alcohol motifs (C(OH)–C–C–N with tert-alkyl or cyclic N) is 1. The Labute approximate surface area is 182 Å². The summed E-state index contributed by atoms with van der Waals surface area (Å²) in [6.07, 6.45) is 2.48. The van der Waals surface area contributed by atoms with Crippen LogP contribution in [0.1, 0.15) is 29.3 Å². The summed E-state index contributed by atoms with van der Waals surface area (Å²) in [5.74, 6) is 2.54. The number of hydrogen-bond donors (Lipinski definition) is 1. The molecule has 4 heterocycles. The minimum absolute atomic E-state index is 0.139. The number of ether oxygens (including phenoxy) is 1. The molecule has 0 unspecified atom stereocenters. The fourth-order valence-corrected chi connectivity index (χ4v) is 4.84. The first-order chi connectivity index (χ1) is 15.0. The summed E-state index contributed by atoms with van der Waals surface area (Å²) in [7, 11) is 2.06. The second-order valence-corrected chi connectivity index (χ2v) is 8.78. The molecule has 8 nitrogen and oxygen atoms in total. The Morgan fingerprint density at radius 1 is 1.03 bits per heavy atom. The molecule has 0 bridgehead atoms. The van der Waals surface area contributed by atoms with Crippen molar-refractivity contribution in [1.29, 1.82) is 0 Å². The number of aliphatic hydroxyl groups is 1. The highest BCUT2D eigenvalue weighted by atomic mass is 16.5. The van der Waals surface area contributed by atoms with Gasteiger partial charge in [0, 0.05) is 37.0 Å². The Hall–Kier alpha value is -2.55. The van der Waals surface area contributed by atoms with Gasteiger partial charge in [-0.25, -0.2) is 14.6 Å². The first-order valence-electron chi connectivity index (χ1n) is 11.0. The van der Waals surface area contributed by atoms with Crippen LogP contribution in [-0.4, -0.2) is 82.3 Å². The Balaban J connectivity index is 1.56. The van der Waals surface area contributed by atoms with Gasteiger partial charge >= 0.3 is 0 Å². The largest absolute Gasteiger partial charge is 0.391 e. The highest BCUT2D eigenvalue weighted by Gasteiger charge is 2.29. The van der Waals surface area contributed by atoms with Crippen LogP contribution in [0, 0.1) is 13.8 Å². The van der Waals surface area contributed by atoms with E-state index in [0.717, 1.165) is 54.4 Å². The minimum Gasteiger partial charge on any atom is -0.391 e. The van der Waals surface area contributed by atoms with Gasteiger partial charge < -0.3 is 19.6 Å². The second kappa shape index (κ2) is 8.18. The number of likely N-dealkylation sites (tertiary alicyclic amines) is 1. The number of aromatic nitrogens is 4. The number of fused-ring (bicyclic) bond motifs is 1. The SMILES string of the molecule is Cc1nc(N2CCOCC2)cc(-n2ncc3cc(C)c([C@H]4CCN(C)C[C@@H]4O)cc32)n1. The zero-order chi connectivity index (χ0) is 21.5. The molecule has 0 aliphatic carbocycles. The van der Waals surface area contributed by atoms with E-state index in [2.05, 4.69) is 51.0 Å². The predicted octanol–water partition coefficient (Wildman–Crippen LogP) is 2.05. The standard InChI is InChI=1S/C23H30N6O2/c1-15-10-17-13-24-29(20(17)11-19(15)18-4-5-27(3)14-21(18)30)23-12-22(25-16(2)26-23)28-6-8-31-9-7-28/h10-13,18,21,30H,4-9,14H2,1-3H3/t18-,21+/m1/s1. The number of rotatable bonds is 3. The lowest BCUT2D eigenvalue weighted by Crippen LogP contribution is -2.40. The number of piperidine rings is 1. The van der Waals surface area contributed by atoms with Crippen LogP contribution in [0.25, 0.3) is 16.7 Å². The van der Waals surface area contributed by atoms with Gasteiger partial charge in [-0.15, -0.1) is 0 Å². The smallest absolute Gasteiger partial charge is 0.159 e. The first-order valence-corrected chi connectivity index (χ1v) is 11.0. The van der Waals surface area contributed by atoms with Crippen molar-refractivity contribution in [2.24, 2.45) is 0 Å². The molecule has 2 aliphatic heterocycles. The van der Waals surface area contributed by atoms with Crippen molar-refractivity contribution in [2.45, 2.75) is 32.3 Å². The molecule has 31 heavy (non-hydrogen) atoms. The van der Waals surface area contributed by atoms with Gasteiger partial charge in [-0.05, 0) is 57.1 Å². The van der Waals surface area contributed by atoms with E-state index in [4.69, 9.17) is 4.74 Å². The van der Waals surface area contributed by atoms with E-state index >= 15 is 0 Å². The molecule has 2 atom stereocenters. The minimum atomic E-state index is -0.361. The number of benzene rings is 1. The third-order valence-corrected chi connectivity index (χ3v) is 6.50. The Morgan fingerprint density at radius 2 is 1.81 bits per heavy atom. The van der Waals surface area contributed by atoms with Crippen molar-refractivity contribution < 1.29 is 9.84 Å². The Morgan fingerprint density at radius 3 is 2.58 bits per heavy atom. The molecule has 0 spiro atoms. The van der Waals surface area contributed by atoms with Crippen molar-refractivity contribution in [3.8, 4) is 5.82 Å². The normalized spacial score (nSPS) is 22.9. The molecule has 0 amide bonds. The maximum atomic E-state index is 10.7. The zero-order valence-corrected chi connectivity index (χ0v) is 18.5. The number of aliphatic hydroxyl groups excluding tert-OH is 1. The lowest BCUT2D eigenvalue weighted by atomic mass is 9.84. The molecule has 0 radical (unpaired) electrons. The Kier molecular flexibility index (Phi) is 5.37.